The fraction of sp³-hybridized carbons (Fsp3) is 0.500. The summed E-state index contributed by atoms with van der Waals surface area (Å²) in [5.74, 6) is 1.05. The van der Waals surface area contributed by atoms with Gasteiger partial charge in [0.05, 0.1) is 20.2 Å². The normalized spacial score (nSPS) is 22.3. The van der Waals surface area contributed by atoms with E-state index in [-0.39, 0.29) is 36.7 Å². The third-order valence-electron chi connectivity index (χ3n) is 8.32. The van der Waals surface area contributed by atoms with E-state index in [2.05, 4.69) is 5.32 Å². The van der Waals surface area contributed by atoms with Gasteiger partial charge >= 0.3 is 6.03 Å². The second kappa shape index (κ2) is 12.2. The van der Waals surface area contributed by atoms with Crippen molar-refractivity contribution in [1.29, 1.82) is 0 Å². The number of hydrogen-bond donors (Lipinski definition) is 2. The molecule has 4 amide bonds. The Bertz CT molecular complexity index is 1200. The molecule has 0 bridgehead atoms. The Morgan fingerprint density at radius 3 is 2.35 bits per heavy atom. The minimum atomic E-state index is -0.732. The second-order valence-electron chi connectivity index (χ2n) is 11.1. The maximum absolute atomic E-state index is 13.9. The van der Waals surface area contributed by atoms with Crippen molar-refractivity contribution in [3.8, 4) is 11.5 Å². The van der Waals surface area contributed by atoms with Gasteiger partial charge in [0.1, 0.15) is 23.7 Å². The summed E-state index contributed by atoms with van der Waals surface area (Å²) in [4.78, 5) is 44.5. The molecule has 0 aromatic heterocycles. The van der Waals surface area contributed by atoms with E-state index in [1.54, 1.807) is 53.3 Å². The lowest BCUT2D eigenvalue weighted by Crippen LogP contribution is -2.76. The highest BCUT2D eigenvalue weighted by Crippen LogP contribution is 2.31. The average Bonchev–Trinajstić information content (AvgIpc) is 2.96. The maximum atomic E-state index is 13.9. The van der Waals surface area contributed by atoms with Crippen molar-refractivity contribution in [3.05, 3.63) is 59.7 Å². The van der Waals surface area contributed by atoms with E-state index in [9.17, 15) is 19.5 Å². The molecular weight excluding hydrogens is 510 g/mol. The Balaban J connectivity index is 1.40. The lowest BCUT2D eigenvalue weighted by atomic mass is 9.88. The smallest absolute Gasteiger partial charge is 0.334 e. The SMILES string of the molecule is COc1ccc(CNC(=O)N2[C@H]3CN(CC4CCCCC4)C(=O)[C@H](Cc4ccc(O)cc4)N3C(=O)CN2C)cc1. The van der Waals surface area contributed by atoms with Crippen LogP contribution < -0.4 is 10.1 Å². The summed E-state index contributed by atoms with van der Waals surface area (Å²) in [7, 11) is 3.34. The van der Waals surface area contributed by atoms with Gasteiger partial charge in [-0.15, -0.1) is 0 Å². The van der Waals surface area contributed by atoms with E-state index in [0.717, 1.165) is 29.7 Å². The molecular formula is C30H39N5O5. The van der Waals surface area contributed by atoms with E-state index in [0.29, 0.717) is 25.4 Å². The molecule has 3 fully saturated rings. The first-order valence-electron chi connectivity index (χ1n) is 14.1. The molecule has 0 spiro atoms. The molecule has 2 saturated heterocycles. The number of nitrogens with one attached hydrogen (secondary N) is 1. The van der Waals surface area contributed by atoms with E-state index in [1.165, 1.54) is 19.3 Å². The summed E-state index contributed by atoms with van der Waals surface area (Å²) in [6.07, 6.45) is 5.43. The number of ether oxygens (including phenoxy) is 1. The van der Waals surface area contributed by atoms with Crippen LogP contribution in [0.3, 0.4) is 0 Å². The van der Waals surface area contributed by atoms with Gasteiger partial charge in [-0.3, -0.25) is 9.59 Å². The van der Waals surface area contributed by atoms with Gasteiger partial charge < -0.3 is 25.0 Å². The predicted octanol–water partition coefficient (Wildman–Crippen LogP) is 2.96. The molecule has 2 aromatic carbocycles. The molecule has 0 radical (unpaired) electrons. The summed E-state index contributed by atoms with van der Waals surface area (Å²) < 4.78 is 5.22. The molecule has 40 heavy (non-hydrogen) atoms. The van der Waals surface area contributed by atoms with Crippen LogP contribution in [-0.2, 0) is 22.6 Å². The van der Waals surface area contributed by atoms with Crippen LogP contribution in [0, 0.1) is 5.92 Å². The third-order valence-corrected chi connectivity index (χ3v) is 8.32. The van der Waals surface area contributed by atoms with Crippen LogP contribution >= 0.6 is 0 Å². The molecule has 1 saturated carbocycles. The maximum Gasteiger partial charge on any atom is 0.334 e. The van der Waals surface area contributed by atoms with Crippen molar-refractivity contribution in [2.45, 2.75) is 57.3 Å². The Labute approximate surface area is 235 Å². The predicted molar refractivity (Wildman–Crippen MR) is 149 cm³/mol. The highest BCUT2D eigenvalue weighted by molar-refractivity contribution is 5.91. The molecule has 1 aliphatic carbocycles. The molecule has 10 heteroatoms. The number of rotatable bonds is 7. The van der Waals surface area contributed by atoms with Crippen molar-refractivity contribution < 1.29 is 24.2 Å². The van der Waals surface area contributed by atoms with Gasteiger partial charge in [0.2, 0.25) is 11.8 Å². The van der Waals surface area contributed by atoms with Crippen molar-refractivity contribution >= 4 is 17.8 Å². The number of amides is 4. The largest absolute Gasteiger partial charge is 0.508 e. The number of phenols is 1. The number of nitrogens with zero attached hydrogens (tertiary/aromatic N) is 4. The van der Waals surface area contributed by atoms with Crippen LogP contribution in [0.4, 0.5) is 4.79 Å². The highest BCUT2D eigenvalue weighted by Gasteiger charge is 2.50. The zero-order valence-electron chi connectivity index (χ0n) is 23.3. The standard InChI is InChI=1S/C30H39N5O5/c1-32-20-28(37)34-26(16-21-8-12-24(36)13-9-21)29(38)33(18-23-6-4-3-5-7-23)19-27(34)35(32)30(39)31-17-22-10-14-25(40-2)15-11-22/h8-15,23,26-27,36H,3-7,16-20H2,1-2H3,(H,31,39)/t26-,27-/m0/s1. The topological polar surface area (TPSA) is 106 Å². The first-order chi connectivity index (χ1) is 19.3. The molecule has 2 heterocycles. The quantitative estimate of drug-likeness (QED) is 0.550. The summed E-state index contributed by atoms with van der Waals surface area (Å²) in [6.45, 7) is 1.21. The number of methoxy groups -OCH3 is 1. The number of carbonyl (C=O) groups is 3. The number of piperazine rings is 1. The summed E-state index contributed by atoms with van der Waals surface area (Å²) in [5.41, 5.74) is 1.77. The first-order valence-corrected chi connectivity index (χ1v) is 14.1. The van der Waals surface area contributed by atoms with Crippen molar-refractivity contribution in [3.63, 3.8) is 0 Å². The van der Waals surface area contributed by atoms with Gasteiger partial charge in [-0.05, 0) is 54.2 Å². The summed E-state index contributed by atoms with van der Waals surface area (Å²) in [5, 5.41) is 16.0. The average molecular weight is 550 g/mol. The lowest BCUT2D eigenvalue weighted by molar-refractivity contribution is -0.187. The van der Waals surface area contributed by atoms with Gasteiger partial charge in [-0.25, -0.2) is 14.8 Å². The molecule has 10 nitrogen and oxygen atoms in total. The van der Waals surface area contributed by atoms with Crippen LogP contribution in [0.15, 0.2) is 48.5 Å². The van der Waals surface area contributed by atoms with Gasteiger partial charge in [0.25, 0.3) is 0 Å². The zero-order chi connectivity index (χ0) is 28.2. The summed E-state index contributed by atoms with van der Waals surface area (Å²) in [6, 6.07) is 13.2. The van der Waals surface area contributed by atoms with Gasteiger partial charge in [0, 0.05) is 26.6 Å². The number of hydrogen-bond acceptors (Lipinski definition) is 6. The van der Waals surface area contributed by atoms with Crippen LogP contribution in [0.1, 0.15) is 43.2 Å². The number of carbonyl (C=O) groups excluding carboxylic acids is 3. The van der Waals surface area contributed by atoms with Crippen LogP contribution in [0.5, 0.6) is 11.5 Å². The molecule has 214 valence electrons. The van der Waals surface area contributed by atoms with E-state index in [1.807, 2.05) is 29.2 Å². The monoisotopic (exact) mass is 549 g/mol. The molecule has 5 rings (SSSR count). The van der Waals surface area contributed by atoms with Gasteiger partial charge in [-0.2, -0.15) is 0 Å². The number of urea groups is 1. The fourth-order valence-electron chi connectivity index (χ4n) is 6.21. The van der Waals surface area contributed by atoms with Crippen LogP contribution in [-0.4, -0.2) is 88.8 Å². The van der Waals surface area contributed by atoms with Crippen LogP contribution in [0.2, 0.25) is 0 Å². The highest BCUT2D eigenvalue weighted by atomic mass is 16.5. The fourth-order valence-corrected chi connectivity index (χ4v) is 6.21. The number of benzene rings is 2. The molecule has 0 unspecified atom stereocenters. The van der Waals surface area contributed by atoms with Gasteiger partial charge in [-0.1, -0.05) is 43.5 Å². The molecule has 2 aliphatic heterocycles. The number of fused-ring (bicyclic) bond motifs is 1. The third kappa shape index (κ3) is 6.01. The first kappa shape index (κ1) is 27.8. The molecule has 2 N–H and O–H groups in total. The Morgan fingerprint density at radius 2 is 1.68 bits per heavy atom. The second-order valence-corrected chi connectivity index (χ2v) is 11.1. The van der Waals surface area contributed by atoms with E-state index in [4.69, 9.17) is 4.74 Å². The van der Waals surface area contributed by atoms with Crippen LogP contribution in [0.25, 0.3) is 0 Å². The van der Waals surface area contributed by atoms with Gasteiger partial charge in [0.15, 0.2) is 0 Å². The Morgan fingerprint density at radius 1 is 1.00 bits per heavy atom. The number of phenolic OH excluding ortho intramolecular Hbond substituents is 1. The lowest BCUT2D eigenvalue weighted by Gasteiger charge is -2.54. The minimum absolute atomic E-state index is 0.00552. The van der Waals surface area contributed by atoms with Crippen molar-refractivity contribution in [2.75, 3.05) is 33.8 Å². The zero-order valence-corrected chi connectivity index (χ0v) is 23.3. The molecule has 2 atom stereocenters. The number of likely N-dealkylation sites (N-methyl/N-ethyl adjacent to an activating group) is 1. The number of aromatic hydroxyl groups is 1. The van der Waals surface area contributed by atoms with E-state index < -0.39 is 12.2 Å². The minimum Gasteiger partial charge on any atom is -0.508 e. The molecule has 2 aromatic rings. The Kier molecular flexibility index (Phi) is 8.44. The van der Waals surface area contributed by atoms with E-state index >= 15 is 0 Å². The molecule has 3 aliphatic rings. The number of hydrazine groups is 1. The van der Waals surface area contributed by atoms with Crippen molar-refractivity contribution in [2.24, 2.45) is 5.92 Å². The van der Waals surface area contributed by atoms with Crippen molar-refractivity contribution in [1.82, 2.24) is 25.1 Å². The Hall–Kier alpha value is -3.79. The summed E-state index contributed by atoms with van der Waals surface area (Å²) >= 11 is 0.